The Morgan fingerprint density at radius 1 is 0.967 bits per heavy atom. The highest BCUT2D eigenvalue weighted by molar-refractivity contribution is 6.07. The maximum Gasteiger partial charge on any atom is 0.251 e. The first-order valence-corrected chi connectivity index (χ1v) is 10.3. The predicted octanol–water partition coefficient (Wildman–Crippen LogP) is 4.43. The van der Waals surface area contributed by atoms with Crippen molar-refractivity contribution in [1.82, 2.24) is 5.01 Å². The van der Waals surface area contributed by atoms with Crippen molar-refractivity contribution in [3.8, 4) is 11.5 Å². The van der Waals surface area contributed by atoms with E-state index in [2.05, 4.69) is 30.4 Å². The number of hydrogen-bond acceptors (Lipinski definition) is 4. The number of carbonyl (C=O) groups excluding carboxylic acids is 1. The number of methoxy groups -OCH3 is 2. The molecule has 0 saturated carbocycles. The number of benzene rings is 2. The van der Waals surface area contributed by atoms with Crippen LogP contribution < -0.4 is 9.47 Å². The van der Waals surface area contributed by atoms with Gasteiger partial charge in [-0.1, -0.05) is 36.4 Å². The molecule has 2 aromatic rings. The lowest BCUT2D eigenvalue weighted by molar-refractivity contribution is -0.135. The Labute approximate surface area is 176 Å². The summed E-state index contributed by atoms with van der Waals surface area (Å²) in [6.07, 6.45) is 8.64. The molecule has 0 fully saturated rings. The van der Waals surface area contributed by atoms with Crippen molar-refractivity contribution in [3.05, 3.63) is 77.0 Å². The summed E-state index contributed by atoms with van der Waals surface area (Å²) in [6.45, 7) is 0. The molecule has 5 heteroatoms. The molecule has 1 aliphatic heterocycles. The number of carbonyl (C=O) groups is 1. The summed E-state index contributed by atoms with van der Waals surface area (Å²) in [5, 5.41) is 6.56. The maximum absolute atomic E-state index is 13.4. The molecule has 2 unspecified atom stereocenters. The summed E-state index contributed by atoms with van der Waals surface area (Å²) in [6, 6.07) is 14.1. The number of hydrogen-bond donors (Lipinski definition) is 0. The number of allylic oxidation sites excluding steroid dienone is 3. The van der Waals surface area contributed by atoms with E-state index in [0.717, 1.165) is 41.8 Å². The van der Waals surface area contributed by atoms with Crippen LogP contribution in [-0.2, 0) is 11.2 Å². The van der Waals surface area contributed by atoms with Crippen LogP contribution in [0.3, 0.4) is 0 Å². The quantitative estimate of drug-likeness (QED) is 0.714. The monoisotopic (exact) mass is 400 g/mol. The molecule has 1 amide bonds. The van der Waals surface area contributed by atoms with Crippen molar-refractivity contribution in [3.63, 3.8) is 0 Å². The van der Waals surface area contributed by atoms with Gasteiger partial charge in [-0.05, 0) is 48.2 Å². The average molecular weight is 400 g/mol. The largest absolute Gasteiger partial charge is 0.493 e. The molecule has 5 nitrogen and oxygen atoms in total. The van der Waals surface area contributed by atoms with Crippen LogP contribution in [0.25, 0.3) is 6.08 Å². The molecule has 0 bridgehead atoms. The van der Waals surface area contributed by atoms with Crippen molar-refractivity contribution in [2.24, 2.45) is 16.9 Å². The second kappa shape index (κ2) is 7.48. The molecule has 0 spiro atoms. The first kappa shape index (κ1) is 18.7. The zero-order chi connectivity index (χ0) is 20.7. The molecule has 0 radical (unpaired) electrons. The number of ether oxygens (including phenoxy) is 2. The molecular weight excluding hydrogens is 376 g/mol. The van der Waals surface area contributed by atoms with Crippen LogP contribution in [0.2, 0.25) is 0 Å². The molecule has 30 heavy (non-hydrogen) atoms. The summed E-state index contributed by atoms with van der Waals surface area (Å²) in [7, 11) is 3.26. The Morgan fingerprint density at radius 3 is 2.50 bits per heavy atom. The van der Waals surface area contributed by atoms with E-state index in [1.165, 1.54) is 5.56 Å². The van der Waals surface area contributed by atoms with Gasteiger partial charge in [0.1, 0.15) is 0 Å². The van der Waals surface area contributed by atoms with E-state index in [9.17, 15) is 4.79 Å². The highest BCUT2D eigenvalue weighted by Crippen LogP contribution is 2.39. The van der Waals surface area contributed by atoms with Gasteiger partial charge < -0.3 is 9.47 Å². The minimum Gasteiger partial charge on any atom is -0.493 e. The Bertz CT molecular complexity index is 1100. The maximum atomic E-state index is 13.4. The number of fused-ring (bicyclic) bond motifs is 2. The number of rotatable bonds is 4. The molecule has 3 aliphatic rings. The second-order valence-electron chi connectivity index (χ2n) is 7.87. The van der Waals surface area contributed by atoms with Crippen LogP contribution in [0.1, 0.15) is 29.5 Å². The van der Waals surface area contributed by atoms with Gasteiger partial charge in [-0.3, -0.25) is 4.79 Å². The minimum absolute atomic E-state index is 0.0706. The SMILES string of the molecule is COc1ccc(C2=NN(C3=Cc4ccccc4C3)C(=O)C3CC=CCC23)cc1OC. The third-order valence-corrected chi connectivity index (χ3v) is 6.22. The fraction of sp³-hybridized carbons (Fsp3) is 0.280. The molecule has 0 N–H and O–H groups in total. The van der Waals surface area contributed by atoms with Crippen molar-refractivity contribution in [2.45, 2.75) is 19.3 Å². The van der Waals surface area contributed by atoms with E-state index in [-0.39, 0.29) is 17.7 Å². The molecule has 0 saturated heterocycles. The van der Waals surface area contributed by atoms with E-state index in [4.69, 9.17) is 14.6 Å². The van der Waals surface area contributed by atoms with Gasteiger partial charge in [-0.2, -0.15) is 5.10 Å². The highest BCUT2D eigenvalue weighted by atomic mass is 16.5. The molecular formula is C25H24N2O3. The van der Waals surface area contributed by atoms with Gasteiger partial charge in [0.15, 0.2) is 11.5 Å². The van der Waals surface area contributed by atoms with E-state index in [1.54, 1.807) is 19.2 Å². The van der Waals surface area contributed by atoms with Gasteiger partial charge in [0.2, 0.25) is 0 Å². The third kappa shape index (κ3) is 3.02. The predicted molar refractivity (Wildman–Crippen MR) is 116 cm³/mol. The standard InChI is InChI=1S/C25H24N2O3/c1-29-22-12-11-18(15-23(22)30-2)24-20-9-5-6-10-21(20)25(28)27(26-24)19-13-16-7-3-4-8-17(16)14-19/h3-8,11-13,15,20-21H,9-10,14H2,1-2H3. The fourth-order valence-electron chi connectivity index (χ4n) is 4.65. The van der Waals surface area contributed by atoms with E-state index in [1.807, 2.05) is 30.3 Å². The normalized spacial score (nSPS) is 22.2. The van der Waals surface area contributed by atoms with Gasteiger partial charge in [-0.25, -0.2) is 5.01 Å². The first-order valence-electron chi connectivity index (χ1n) is 10.3. The molecule has 1 heterocycles. The minimum atomic E-state index is -0.0970. The Hall–Kier alpha value is -3.34. The second-order valence-corrected chi connectivity index (χ2v) is 7.87. The summed E-state index contributed by atoms with van der Waals surface area (Å²) in [4.78, 5) is 13.4. The zero-order valence-corrected chi connectivity index (χ0v) is 17.2. The zero-order valence-electron chi connectivity index (χ0n) is 17.2. The van der Waals surface area contributed by atoms with E-state index in [0.29, 0.717) is 11.5 Å². The molecule has 152 valence electrons. The van der Waals surface area contributed by atoms with Crippen molar-refractivity contribution >= 4 is 17.7 Å². The Kier molecular flexibility index (Phi) is 4.66. The lowest BCUT2D eigenvalue weighted by atomic mass is 9.76. The van der Waals surface area contributed by atoms with Gasteiger partial charge in [0, 0.05) is 17.9 Å². The van der Waals surface area contributed by atoms with Gasteiger partial charge in [0.25, 0.3) is 5.91 Å². The smallest absolute Gasteiger partial charge is 0.251 e. The summed E-state index contributed by atoms with van der Waals surface area (Å²) in [5.41, 5.74) is 5.23. The van der Waals surface area contributed by atoms with Gasteiger partial charge in [0.05, 0.1) is 31.5 Å². The van der Waals surface area contributed by atoms with Gasteiger partial charge >= 0.3 is 0 Å². The fourth-order valence-corrected chi connectivity index (χ4v) is 4.65. The van der Waals surface area contributed by atoms with Gasteiger partial charge in [-0.15, -0.1) is 0 Å². The van der Waals surface area contributed by atoms with Crippen LogP contribution in [0.4, 0.5) is 0 Å². The lowest BCUT2D eigenvalue weighted by Crippen LogP contribution is -2.45. The van der Waals surface area contributed by atoms with E-state index >= 15 is 0 Å². The van der Waals surface area contributed by atoms with Crippen molar-refractivity contribution in [2.75, 3.05) is 14.2 Å². The van der Waals surface area contributed by atoms with Crippen LogP contribution >= 0.6 is 0 Å². The molecule has 0 aromatic heterocycles. The van der Waals surface area contributed by atoms with Crippen LogP contribution in [0, 0.1) is 11.8 Å². The topological polar surface area (TPSA) is 51.1 Å². The highest BCUT2D eigenvalue weighted by Gasteiger charge is 2.41. The van der Waals surface area contributed by atoms with Crippen molar-refractivity contribution < 1.29 is 14.3 Å². The van der Waals surface area contributed by atoms with E-state index < -0.39 is 0 Å². The molecule has 2 atom stereocenters. The van der Waals surface area contributed by atoms with Crippen LogP contribution in [0.5, 0.6) is 11.5 Å². The lowest BCUT2D eigenvalue weighted by Gasteiger charge is -2.37. The van der Waals surface area contributed by atoms with Crippen molar-refractivity contribution in [1.29, 1.82) is 0 Å². The molecule has 2 aromatic carbocycles. The Morgan fingerprint density at radius 2 is 1.73 bits per heavy atom. The average Bonchev–Trinajstić information content (AvgIpc) is 3.23. The summed E-state index contributed by atoms with van der Waals surface area (Å²) < 4.78 is 10.9. The first-order chi connectivity index (χ1) is 14.7. The number of hydrazone groups is 1. The Balaban J connectivity index is 1.59. The summed E-state index contributed by atoms with van der Waals surface area (Å²) >= 11 is 0. The van der Waals surface area contributed by atoms with Crippen LogP contribution in [0.15, 0.2) is 65.4 Å². The molecule has 5 rings (SSSR count). The molecule has 2 aliphatic carbocycles. The third-order valence-electron chi connectivity index (χ3n) is 6.22. The van der Waals surface area contributed by atoms with Crippen LogP contribution in [-0.4, -0.2) is 30.8 Å². The number of amides is 1. The number of nitrogens with zero attached hydrogens (tertiary/aromatic N) is 2. The summed E-state index contributed by atoms with van der Waals surface area (Å²) in [5.74, 6) is 1.41.